The van der Waals surface area contributed by atoms with E-state index in [1.807, 2.05) is 6.07 Å². The smallest absolute Gasteiger partial charge is 0.243 e. The first kappa shape index (κ1) is 15.4. The summed E-state index contributed by atoms with van der Waals surface area (Å²) in [5.74, 6) is 1.45. The summed E-state index contributed by atoms with van der Waals surface area (Å²) < 4.78 is 38.5. The Bertz CT molecular complexity index is 839. The van der Waals surface area contributed by atoms with Gasteiger partial charge in [-0.15, -0.1) is 0 Å². The second-order valence-electron chi connectivity index (χ2n) is 5.95. The molecule has 0 radical (unpaired) electrons. The lowest BCUT2D eigenvalue weighted by Crippen LogP contribution is -2.31. The predicted octanol–water partition coefficient (Wildman–Crippen LogP) is 1.86. The van der Waals surface area contributed by atoms with Crippen molar-refractivity contribution in [1.82, 2.24) is 9.29 Å². The van der Waals surface area contributed by atoms with E-state index in [4.69, 9.17) is 9.47 Å². The monoisotopic (exact) mass is 346 g/mol. The van der Waals surface area contributed by atoms with Crippen LogP contribution in [0.4, 0.5) is 0 Å². The van der Waals surface area contributed by atoms with Crippen LogP contribution >= 0.6 is 0 Å². The van der Waals surface area contributed by atoms with Crippen LogP contribution in [0.5, 0.6) is 11.5 Å². The van der Waals surface area contributed by atoms with E-state index in [1.54, 1.807) is 36.7 Å². The molecule has 126 valence electrons. The van der Waals surface area contributed by atoms with Crippen molar-refractivity contribution >= 4 is 10.0 Å². The van der Waals surface area contributed by atoms with Crippen molar-refractivity contribution < 1.29 is 17.9 Å². The third-order valence-electron chi connectivity index (χ3n) is 4.34. The number of pyridine rings is 1. The Morgan fingerprint density at radius 1 is 1.29 bits per heavy atom. The minimum atomic E-state index is -3.50. The molecule has 3 heterocycles. The van der Waals surface area contributed by atoms with Crippen LogP contribution in [0.2, 0.25) is 0 Å². The highest BCUT2D eigenvalue weighted by Gasteiger charge is 2.34. The number of benzene rings is 1. The van der Waals surface area contributed by atoms with Gasteiger partial charge >= 0.3 is 0 Å². The van der Waals surface area contributed by atoms with Gasteiger partial charge in [0.25, 0.3) is 0 Å². The molecule has 24 heavy (non-hydrogen) atoms. The summed E-state index contributed by atoms with van der Waals surface area (Å²) in [5.41, 5.74) is 0.957. The number of aromatic nitrogens is 1. The third-order valence-corrected chi connectivity index (χ3v) is 6.20. The van der Waals surface area contributed by atoms with Crippen LogP contribution in [0.15, 0.2) is 47.6 Å². The summed E-state index contributed by atoms with van der Waals surface area (Å²) in [6.07, 6.45) is 4.59. The molecule has 0 amide bonds. The zero-order valence-corrected chi connectivity index (χ0v) is 13.9. The zero-order valence-electron chi connectivity index (χ0n) is 13.1. The van der Waals surface area contributed by atoms with Gasteiger partial charge in [0.05, 0.1) is 24.2 Å². The van der Waals surface area contributed by atoms with Crippen LogP contribution in [0.3, 0.4) is 0 Å². The number of hydrogen-bond acceptors (Lipinski definition) is 5. The fourth-order valence-corrected chi connectivity index (χ4v) is 4.63. The normalized spacial score (nSPS) is 20.6. The number of ether oxygens (including phenoxy) is 2. The van der Waals surface area contributed by atoms with Crippen molar-refractivity contribution in [1.29, 1.82) is 0 Å². The molecule has 4 rings (SSSR count). The quantitative estimate of drug-likeness (QED) is 0.845. The lowest BCUT2D eigenvalue weighted by atomic mass is 10.2. The van der Waals surface area contributed by atoms with Crippen molar-refractivity contribution in [3.05, 3.63) is 48.3 Å². The SMILES string of the molecule is O=S(=O)(c1ccc2c(c1)CCO2)N1CCC(Oc2cccnc2)C1. The number of rotatable bonds is 4. The number of fused-ring (bicyclic) bond motifs is 1. The van der Waals surface area contributed by atoms with Crippen molar-refractivity contribution in [3.8, 4) is 11.5 Å². The van der Waals surface area contributed by atoms with Gasteiger partial charge in [-0.2, -0.15) is 4.31 Å². The molecule has 0 bridgehead atoms. The molecule has 2 aromatic rings. The third kappa shape index (κ3) is 2.85. The Kier molecular flexibility index (Phi) is 3.90. The van der Waals surface area contributed by atoms with Gasteiger partial charge in [-0.3, -0.25) is 4.98 Å². The summed E-state index contributed by atoms with van der Waals surface area (Å²) in [5, 5.41) is 0. The molecule has 1 unspecified atom stereocenters. The second kappa shape index (κ2) is 6.07. The summed E-state index contributed by atoms with van der Waals surface area (Å²) >= 11 is 0. The lowest BCUT2D eigenvalue weighted by molar-refractivity contribution is 0.214. The molecule has 1 aromatic heterocycles. The zero-order chi connectivity index (χ0) is 16.6. The minimum absolute atomic E-state index is 0.151. The maximum Gasteiger partial charge on any atom is 0.243 e. The van der Waals surface area contributed by atoms with Gasteiger partial charge in [0, 0.05) is 19.2 Å². The van der Waals surface area contributed by atoms with Gasteiger partial charge in [0.2, 0.25) is 10.0 Å². The molecule has 2 aliphatic rings. The second-order valence-corrected chi connectivity index (χ2v) is 7.89. The molecule has 2 aliphatic heterocycles. The van der Waals surface area contributed by atoms with Crippen LogP contribution in [0, 0.1) is 0 Å². The van der Waals surface area contributed by atoms with E-state index in [0.717, 1.165) is 17.7 Å². The van der Waals surface area contributed by atoms with Crippen molar-refractivity contribution in [2.45, 2.75) is 23.8 Å². The largest absolute Gasteiger partial charge is 0.493 e. The average molecular weight is 346 g/mol. The molecular weight excluding hydrogens is 328 g/mol. The standard InChI is InChI=1S/C17H18N2O4S/c20-24(21,16-3-4-17-13(10-16)6-9-22-17)19-8-5-15(12-19)23-14-2-1-7-18-11-14/h1-4,7,10-11,15H,5-6,8-9,12H2. The van der Waals surface area contributed by atoms with Gasteiger partial charge < -0.3 is 9.47 Å². The van der Waals surface area contributed by atoms with Crippen LogP contribution in [0.25, 0.3) is 0 Å². The first-order valence-electron chi connectivity index (χ1n) is 7.95. The predicted molar refractivity (Wildman–Crippen MR) is 87.7 cm³/mol. The summed E-state index contributed by atoms with van der Waals surface area (Å²) in [7, 11) is -3.50. The molecular formula is C17H18N2O4S. The Morgan fingerprint density at radius 3 is 3.04 bits per heavy atom. The maximum atomic E-state index is 12.8. The molecule has 0 aliphatic carbocycles. The van der Waals surface area contributed by atoms with Crippen molar-refractivity contribution in [3.63, 3.8) is 0 Å². The average Bonchev–Trinajstić information content (AvgIpc) is 3.24. The van der Waals surface area contributed by atoms with Gasteiger partial charge in [-0.25, -0.2) is 8.42 Å². The van der Waals surface area contributed by atoms with Crippen LogP contribution in [-0.4, -0.2) is 43.5 Å². The lowest BCUT2D eigenvalue weighted by Gasteiger charge is -2.17. The molecule has 6 nitrogen and oxygen atoms in total. The molecule has 1 saturated heterocycles. The number of hydrogen-bond donors (Lipinski definition) is 0. The van der Waals surface area contributed by atoms with Crippen LogP contribution < -0.4 is 9.47 Å². The fourth-order valence-electron chi connectivity index (χ4n) is 3.09. The summed E-state index contributed by atoms with van der Waals surface area (Å²) in [4.78, 5) is 4.33. The molecule has 1 atom stereocenters. The molecule has 1 aromatic carbocycles. The van der Waals surface area contributed by atoms with E-state index < -0.39 is 10.0 Å². The molecule has 0 saturated carbocycles. The van der Waals surface area contributed by atoms with E-state index >= 15 is 0 Å². The number of nitrogens with zero attached hydrogens (tertiary/aromatic N) is 2. The molecule has 7 heteroatoms. The molecule has 0 N–H and O–H groups in total. The Balaban J connectivity index is 1.49. The Morgan fingerprint density at radius 2 is 2.21 bits per heavy atom. The van der Waals surface area contributed by atoms with E-state index in [0.29, 0.717) is 36.8 Å². The first-order valence-corrected chi connectivity index (χ1v) is 9.39. The highest BCUT2D eigenvalue weighted by Crippen LogP contribution is 2.30. The van der Waals surface area contributed by atoms with E-state index in [9.17, 15) is 8.42 Å². The van der Waals surface area contributed by atoms with Gasteiger partial charge in [0.1, 0.15) is 17.6 Å². The fraction of sp³-hybridized carbons (Fsp3) is 0.353. The Labute approximate surface area is 141 Å². The summed E-state index contributed by atoms with van der Waals surface area (Å²) in [6, 6.07) is 8.72. The van der Waals surface area contributed by atoms with E-state index in [1.165, 1.54) is 4.31 Å². The Hall–Kier alpha value is -2.12. The van der Waals surface area contributed by atoms with Gasteiger partial charge in [0.15, 0.2) is 0 Å². The topological polar surface area (TPSA) is 68.7 Å². The first-order chi connectivity index (χ1) is 11.6. The van der Waals surface area contributed by atoms with E-state index in [-0.39, 0.29) is 6.10 Å². The highest BCUT2D eigenvalue weighted by molar-refractivity contribution is 7.89. The minimum Gasteiger partial charge on any atom is -0.493 e. The highest BCUT2D eigenvalue weighted by atomic mass is 32.2. The summed E-state index contributed by atoms with van der Waals surface area (Å²) in [6.45, 7) is 1.43. The maximum absolute atomic E-state index is 12.8. The molecule has 0 spiro atoms. The van der Waals surface area contributed by atoms with Crippen molar-refractivity contribution in [2.24, 2.45) is 0 Å². The van der Waals surface area contributed by atoms with Crippen molar-refractivity contribution in [2.75, 3.05) is 19.7 Å². The number of sulfonamides is 1. The van der Waals surface area contributed by atoms with Crippen LogP contribution in [-0.2, 0) is 16.4 Å². The molecule has 1 fully saturated rings. The van der Waals surface area contributed by atoms with Gasteiger partial charge in [-0.1, -0.05) is 0 Å². The van der Waals surface area contributed by atoms with E-state index in [2.05, 4.69) is 4.98 Å². The van der Waals surface area contributed by atoms with Crippen LogP contribution in [0.1, 0.15) is 12.0 Å². The van der Waals surface area contributed by atoms with Gasteiger partial charge in [-0.05, 0) is 42.3 Å².